The average molecular weight is 316 g/mol. The van der Waals surface area contributed by atoms with Crippen LogP contribution in [-0.4, -0.2) is 36.0 Å². The number of para-hydroxylation sites is 1. The minimum atomic E-state index is -0.843. The monoisotopic (exact) mass is 316 g/mol. The smallest absolute Gasteiger partial charge is 0.306 e. The zero-order valence-corrected chi connectivity index (χ0v) is 12.8. The van der Waals surface area contributed by atoms with Crippen LogP contribution in [0.4, 0.5) is 5.69 Å². The summed E-state index contributed by atoms with van der Waals surface area (Å²) in [6, 6.07) is 7.77. The second-order valence-corrected chi connectivity index (χ2v) is 6.19. The number of carbonyl (C=O) groups excluding carboxylic acids is 2. The van der Waals surface area contributed by atoms with Gasteiger partial charge in [-0.2, -0.15) is 0 Å². The molecule has 0 aromatic heterocycles. The van der Waals surface area contributed by atoms with Gasteiger partial charge in [0.1, 0.15) is 0 Å². The molecule has 1 aliphatic carbocycles. The molecule has 1 fully saturated rings. The van der Waals surface area contributed by atoms with Gasteiger partial charge in [-0.3, -0.25) is 14.4 Å². The van der Waals surface area contributed by atoms with E-state index in [-0.39, 0.29) is 24.3 Å². The van der Waals surface area contributed by atoms with Crippen LogP contribution in [0.3, 0.4) is 0 Å². The number of hydrogen-bond acceptors (Lipinski definition) is 3. The highest BCUT2D eigenvalue weighted by atomic mass is 16.4. The Labute approximate surface area is 134 Å². The summed E-state index contributed by atoms with van der Waals surface area (Å²) >= 11 is 0. The fourth-order valence-electron chi connectivity index (χ4n) is 3.44. The summed E-state index contributed by atoms with van der Waals surface area (Å²) in [6.45, 7) is 0.597. The van der Waals surface area contributed by atoms with Crippen LogP contribution < -0.4 is 10.2 Å². The van der Waals surface area contributed by atoms with E-state index < -0.39 is 11.9 Å². The van der Waals surface area contributed by atoms with Gasteiger partial charge in [-0.25, -0.2) is 0 Å². The second kappa shape index (κ2) is 6.40. The van der Waals surface area contributed by atoms with Crippen molar-refractivity contribution in [2.24, 2.45) is 11.8 Å². The molecule has 1 aromatic rings. The van der Waals surface area contributed by atoms with Crippen molar-refractivity contribution in [1.29, 1.82) is 0 Å². The molecule has 1 saturated carbocycles. The van der Waals surface area contributed by atoms with Crippen LogP contribution in [-0.2, 0) is 20.8 Å². The summed E-state index contributed by atoms with van der Waals surface area (Å²) in [6.07, 6.45) is 2.30. The number of carboxylic acids is 1. The molecule has 0 bridgehead atoms. The third kappa shape index (κ3) is 3.21. The zero-order chi connectivity index (χ0) is 16.4. The maximum Gasteiger partial charge on any atom is 0.306 e. The fourth-order valence-corrected chi connectivity index (χ4v) is 3.44. The SMILES string of the molecule is O=C(O)[C@@H]1CC[C@H](C(=O)NCC(=O)N2CCc3ccccc32)C1. The standard InChI is InChI=1S/C17H20N2O4/c20-15(19-8-7-11-3-1-2-4-14(11)19)10-18-16(21)12-5-6-13(9-12)17(22)23/h1-4,12-13H,5-10H2,(H,18,21)(H,22,23)/t12-,13+/m0/s1. The first kappa shape index (κ1) is 15.5. The third-order valence-electron chi connectivity index (χ3n) is 4.75. The van der Waals surface area contributed by atoms with Crippen LogP contribution in [0.2, 0.25) is 0 Å². The van der Waals surface area contributed by atoms with E-state index in [9.17, 15) is 14.4 Å². The Morgan fingerprint density at radius 1 is 1.17 bits per heavy atom. The molecule has 2 amide bonds. The summed E-state index contributed by atoms with van der Waals surface area (Å²) in [5.41, 5.74) is 2.06. The first-order valence-electron chi connectivity index (χ1n) is 7.95. The number of carboxylic acid groups (broad SMARTS) is 1. The lowest BCUT2D eigenvalue weighted by molar-refractivity contribution is -0.141. The molecule has 1 heterocycles. The molecular formula is C17H20N2O4. The summed E-state index contributed by atoms with van der Waals surface area (Å²) in [5.74, 6) is -1.92. The number of carbonyl (C=O) groups is 3. The molecule has 0 unspecified atom stereocenters. The maximum absolute atomic E-state index is 12.3. The van der Waals surface area contributed by atoms with Gasteiger partial charge in [0.15, 0.2) is 0 Å². The Kier molecular flexibility index (Phi) is 4.32. The van der Waals surface area contributed by atoms with Gasteiger partial charge in [-0.1, -0.05) is 18.2 Å². The van der Waals surface area contributed by atoms with Crippen molar-refractivity contribution >= 4 is 23.5 Å². The Hall–Kier alpha value is -2.37. The number of fused-ring (bicyclic) bond motifs is 1. The van der Waals surface area contributed by atoms with Crippen LogP contribution >= 0.6 is 0 Å². The molecule has 2 N–H and O–H groups in total. The summed E-state index contributed by atoms with van der Waals surface area (Å²) in [7, 11) is 0. The Morgan fingerprint density at radius 3 is 2.65 bits per heavy atom. The molecule has 0 saturated heterocycles. The van der Waals surface area contributed by atoms with Crippen LogP contribution in [0.1, 0.15) is 24.8 Å². The number of rotatable bonds is 4. The molecule has 6 nitrogen and oxygen atoms in total. The van der Waals surface area contributed by atoms with Gasteiger partial charge in [0.25, 0.3) is 0 Å². The zero-order valence-electron chi connectivity index (χ0n) is 12.8. The Morgan fingerprint density at radius 2 is 1.91 bits per heavy atom. The first-order valence-corrected chi connectivity index (χ1v) is 7.95. The molecule has 1 aromatic carbocycles. The van der Waals surface area contributed by atoms with Crippen LogP contribution in [0.15, 0.2) is 24.3 Å². The van der Waals surface area contributed by atoms with Crippen molar-refractivity contribution < 1.29 is 19.5 Å². The topological polar surface area (TPSA) is 86.7 Å². The van der Waals surface area contributed by atoms with E-state index in [1.165, 1.54) is 0 Å². The average Bonchev–Trinajstić information content (AvgIpc) is 3.19. The van der Waals surface area contributed by atoms with E-state index in [2.05, 4.69) is 5.32 Å². The number of amides is 2. The number of anilines is 1. The summed E-state index contributed by atoms with van der Waals surface area (Å²) in [4.78, 5) is 37.1. The van der Waals surface area contributed by atoms with Crippen molar-refractivity contribution in [3.05, 3.63) is 29.8 Å². The van der Waals surface area contributed by atoms with Crippen LogP contribution in [0.5, 0.6) is 0 Å². The van der Waals surface area contributed by atoms with E-state index in [0.717, 1.165) is 17.7 Å². The number of nitrogens with zero attached hydrogens (tertiary/aromatic N) is 1. The minimum Gasteiger partial charge on any atom is -0.481 e. The van der Waals surface area contributed by atoms with E-state index >= 15 is 0 Å². The molecule has 2 atom stereocenters. The van der Waals surface area contributed by atoms with Crippen LogP contribution in [0, 0.1) is 11.8 Å². The van der Waals surface area contributed by atoms with E-state index in [0.29, 0.717) is 25.8 Å². The van der Waals surface area contributed by atoms with Gasteiger partial charge < -0.3 is 15.3 Å². The molecule has 2 aliphatic rings. The number of hydrogen-bond donors (Lipinski definition) is 2. The van der Waals surface area contributed by atoms with Crippen molar-refractivity contribution in [3.8, 4) is 0 Å². The molecule has 3 rings (SSSR count). The Balaban J connectivity index is 1.52. The van der Waals surface area contributed by atoms with Crippen molar-refractivity contribution in [1.82, 2.24) is 5.32 Å². The van der Waals surface area contributed by atoms with Crippen molar-refractivity contribution in [2.45, 2.75) is 25.7 Å². The molecule has 0 spiro atoms. The largest absolute Gasteiger partial charge is 0.481 e. The van der Waals surface area contributed by atoms with Gasteiger partial charge in [-0.05, 0) is 37.3 Å². The predicted octanol–water partition coefficient (Wildman–Crippen LogP) is 1.19. The third-order valence-corrected chi connectivity index (χ3v) is 4.75. The lowest BCUT2D eigenvalue weighted by atomic mass is 10.0. The lowest BCUT2D eigenvalue weighted by Gasteiger charge is -2.18. The Bertz CT molecular complexity index is 643. The van der Waals surface area contributed by atoms with Crippen molar-refractivity contribution in [2.75, 3.05) is 18.0 Å². The lowest BCUT2D eigenvalue weighted by Crippen LogP contribution is -2.41. The van der Waals surface area contributed by atoms with Gasteiger partial charge in [-0.15, -0.1) is 0 Å². The molecular weight excluding hydrogens is 296 g/mol. The molecule has 6 heteroatoms. The van der Waals surface area contributed by atoms with E-state index in [1.54, 1.807) is 4.90 Å². The number of aliphatic carboxylic acids is 1. The van der Waals surface area contributed by atoms with E-state index in [4.69, 9.17) is 5.11 Å². The van der Waals surface area contributed by atoms with Gasteiger partial charge in [0, 0.05) is 18.2 Å². The quantitative estimate of drug-likeness (QED) is 0.873. The second-order valence-electron chi connectivity index (χ2n) is 6.19. The molecule has 23 heavy (non-hydrogen) atoms. The predicted molar refractivity (Wildman–Crippen MR) is 84.0 cm³/mol. The molecule has 0 radical (unpaired) electrons. The van der Waals surface area contributed by atoms with E-state index in [1.807, 2.05) is 24.3 Å². The summed E-state index contributed by atoms with van der Waals surface area (Å²) < 4.78 is 0. The number of benzene rings is 1. The number of nitrogens with one attached hydrogen (secondary N) is 1. The van der Waals surface area contributed by atoms with Crippen LogP contribution in [0.25, 0.3) is 0 Å². The van der Waals surface area contributed by atoms with Gasteiger partial charge in [0.05, 0.1) is 12.5 Å². The van der Waals surface area contributed by atoms with Crippen molar-refractivity contribution in [3.63, 3.8) is 0 Å². The van der Waals surface area contributed by atoms with Gasteiger partial charge >= 0.3 is 5.97 Å². The molecule has 122 valence electrons. The highest BCUT2D eigenvalue weighted by Gasteiger charge is 2.34. The fraction of sp³-hybridized carbons (Fsp3) is 0.471. The summed E-state index contributed by atoms with van der Waals surface area (Å²) in [5, 5.41) is 11.6. The maximum atomic E-state index is 12.3. The highest BCUT2D eigenvalue weighted by Crippen LogP contribution is 2.31. The minimum absolute atomic E-state index is 0.0403. The normalized spacial score (nSPS) is 22.7. The first-order chi connectivity index (χ1) is 11.1. The van der Waals surface area contributed by atoms with Gasteiger partial charge in [0.2, 0.25) is 11.8 Å². The molecule has 1 aliphatic heterocycles. The highest BCUT2D eigenvalue weighted by molar-refractivity contribution is 5.98.